The zero-order valence-corrected chi connectivity index (χ0v) is 35.4. The Balaban J connectivity index is -0.000000102. The van der Waals surface area contributed by atoms with Gasteiger partial charge in [-0.1, -0.05) is 39.5 Å². The van der Waals surface area contributed by atoms with E-state index in [0.29, 0.717) is 72.7 Å². The van der Waals surface area contributed by atoms with Crippen LogP contribution in [0.2, 0.25) is 0 Å². The molecule has 0 radical (unpaired) electrons. The van der Waals surface area contributed by atoms with Crippen LogP contribution in [0.4, 0.5) is 0 Å². The number of carbonyl (C=O) groups excluding carboxylic acids is 3. The van der Waals surface area contributed by atoms with Crippen molar-refractivity contribution in [2.45, 2.75) is 20.8 Å². The van der Waals surface area contributed by atoms with E-state index in [1.165, 1.54) is 30.4 Å². The van der Waals surface area contributed by atoms with E-state index < -0.39 is 0 Å². The summed E-state index contributed by atoms with van der Waals surface area (Å²) in [6.45, 7) is 12.4. The molecule has 0 saturated heterocycles. The fraction of sp³-hybridized carbons (Fsp3) is 0.885. The zero-order chi connectivity index (χ0) is 33.1. The molecule has 0 bridgehead atoms. The van der Waals surface area contributed by atoms with E-state index in [9.17, 15) is 14.4 Å². The molecule has 0 saturated carbocycles. The van der Waals surface area contributed by atoms with Crippen molar-refractivity contribution in [3.8, 4) is 0 Å². The first-order chi connectivity index (χ1) is 20.1. The first-order valence-corrected chi connectivity index (χ1v) is 17.1. The quantitative estimate of drug-likeness (QED) is 0.0541. The predicted molar refractivity (Wildman–Crippen MR) is 183 cm³/mol. The molecule has 0 rings (SSSR count). The molecule has 0 aliphatic heterocycles. The second-order valence-electron chi connectivity index (χ2n) is 7.00. The van der Waals surface area contributed by atoms with Crippen molar-refractivity contribution in [2.75, 3.05) is 130 Å². The monoisotopic (exact) mass is 788 g/mol. The molecule has 43 heavy (non-hydrogen) atoms. The average molecular weight is 790 g/mol. The molecule has 17 heteroatoms. The third-order valence-electron chi connectivity index (χ3n) is 3.25. The molecule has 0 fully saturated rings. The smallest absolute Gasteiger partial charge is 0.742 e. The van der Waals surface area contributed by atoms with Crippen LogP contribution in [0.3, 0.4) is 0 Å². The van der Waals surface area contributed by atoms with E-state index in [1.807, 2.05) is 0 Å². The summed E-state index contributed by atoms with van der Waals surface area (Å²) in [4.78, 5) is 30.1. The SMILES string of the molecule is CC(=O)[S-].COCCOCCBr.COCCOCCS.COCCOCCSC(C)=O.COCCOCCSC(C)=O.[K+]. The molecule has 0 N–H and O–H groups in total. The number of halogens is 1. The van der Waals surface area contributed by atoms with Crippen LogP contribution in [-0.4, -0.2) is 146 Å². The zero-order valence-electron chi connectivity index (χ0n) is 27.4. The Morgan fingerprint density at radius 3 is 1.09 bits per heavy atom. The number of hydrogen-bond acceptors (Lipinski definition) is 15. The number of thioether (sulfide) groups is 2. The van der Waals surface area contributed by atoms with Gasteiger partial charge in [-0.05, 0) is 6.92 Å². The Morgan fingerprint density at radius 1 is 0.581 bits per heavy atom. The van der Waals surface area contributed by atoms with Crippen molar-refractivity contribution in [3.05, 3.63) is 0 Å². The predicted octanol–water partition coefficient (Wildman–Crippen LogP) is 0.566. The van der Waals surface area contributed by atoms with E-state index in [0.717, 1.165) is 29.2 Å². The molecule has 0 aromatic heterocycles. The van der Waals surface area contributed by atoms with Crippen LogP contribution in [-0.2, 0) is 64.9 Å². The van der Waals surface area contributed by atoms with Crippen LogP contribution < -0.4 is 51.4 Å². The Kier molecular flexibility index (Phi) is 79.4. The van der Waals surface area contributed by atoms with E-state index in [2.05, 4.69) is 41.2 Å². The largest absolute Gasteiger partial charge is 1.00 e. The molecule has 11 nitrogen and oxygen atoms in total. The molecule has 0 spiro atoms. The second kappa shape index (κ2) is 59.5. The molecular formula is C26H54BrKO11S4. The van der Waals surface area contributed by atoms with Crippen LogP contribution in [0.5, 0.6) is 0 Å². The molecule has 0 amide bonds. The van der Waals surface area contributed by atoms with Gasteiger partial charge < -0.3 is 55.3 Å². The maximum Gasteiger partial charge on any atom is 1.00 e. The molecule has 0 aromatic carbocycles. The van der Waals surface area contributed by atoms with Gasteiger partial charge in [0.15, 0.2) is 10.2 Å². The second-order valence-corrected chi connectivity index (χ2v) is 11.4. The number of alkyl halides is 1. The first-order valence-electron chi connectivity index (χ1n) is 13.0. The van der Waals surface area contributed by atoms with Gasteiger partial charge in [-0.2, -0.15) is 12.6 Å². The molecule has 0 atom stereocenters. The van der Waals surface area contributed by atoms with Crippen LogP contribution in [0.1, 0.15) is 20.8 Å². The summed E-state index contributed by atoms with van der Waals surface area (Å²) in [7, 11) is 6.59. The molecule has 256 valence electrons. The van der Waals surface area contributed by atoms with Crippen LogP contribution >= 0.6 is 52.1 Å². The van der Waals surface area contributed by atoms with Crippen molar-refractivity contribution in [3.63, 3.8) is 0 Å². The van der Waals surface area contributed by atoms with Gasteiger partial charge in [0, 0.05) is 70.0 Å². The number of thiol groups is 1. The van der Waals surface area contributed by atoms with E-state index in [1.54, 1.807) is 42.3 Å². The Labute approximate surface area is 331 Å². The van der Waals surface area contributed by atoms with Gasteiger partial charge in [0.2, 0.25) is 0 Å². The minimum atomic E-state index is -0.250. The fourth-order valence-electron chi connectivity index (χ4n) is 1.59. The summed E-state index contributed by atoms with van der Waals surface area (Å²) in [5.74, 6) is 2.25. The van der Waals surface area contributed by atoms with Crippen molar-refractivity contribution in [1.82, 2.24) is 0 Å². The van der Waals surface area contributed by atoms with Crippen molar-refractivity contribution >= 4 is 80.1 Å². The van der Waals surface area contributed by atoms with E-state index >= 15 is 0 Å². The minimum Gasteiger partial charge on any atom is -0.742 e. The van der Waals surface area contributed by atoms with E-state index in [4.69, 9.17) is 37.9 Å². The van der Waals surface area contributed by atoms with Crippen LogP contribution in [0, 0.1) is 0 Å². The normalized spacial score (nSPS) is 9.33. The minimum absolute atomic E-state index is 0. The third kappa shape index (κ3) is 99.0. The maximum absolute atomic E-state index is 10.4. The summed E-state index contributed by atoms with van der Waals surface area (Å²) in [6, 6.07) is 0. The fourth-order valence-corrected chi connectivity index (χ4v) is 2.92. The van der Waals surface area contributed by atoms with Gasteiger partial charge in [-0.3, -0.25) is 9.59 Å². The van der Waals surface area contributed by atoms with Gasteiger partial charge in [0.25, 0.3) is 0 Å². The van der Waals surface area contributed by atoms with Crippen LogP contribution in [0.25, 0.3) is 0 Å². The Hall–Kier alpha value is 2.08. The molecule has 0 aromatic rings. The molecule has 0 aliphatic rings. The summed E-state index contributed by atoms with van der Waals surface area (Å²) in [5.41, 5.74) is 0. The number of hydrogen-bond donors (Lipinski definition) is 1. The van der Waals surface area contributed by atoms with Gasteiger partial charge in [-0.25, -0.2) is 0 Å². The summed E-state index contributed by atoms with van der Waals surface area (Å²) in [6.07, 6.45) is 0. The van der Waals surface area contributed by atoms with Gasteiger partial charge in [0.1, 0.15) is 0 Å². The molecule has 0 unspecified atom stereocenters. The number of carbonyl (C=O) groups is 3. The standard InChI is InChI=1S/2C7H14O3S.C5H11BrO2.C5H12O2S.C2H4OS.K/c2*1-7(8)11-6-5-10-4-3-9-2;1-7-4-5-8-3-2-6;1-6-2-3-7-4-5-8;1-2(3)4;/h2*3-6H2,1-2H3;2-5H2,1H3;8H,2-5H2,1H3;1H3,(H,3,4);/q;;;;;+1/p-1. The molecule has 0 heterocycles. The number of ether oxygens (including phenoxy) is 8. The number of rotatable bonds is 22. The summed E-state index contributed by atoms with van der Waals surface area (Å²) >= 11 is 13.7. The summed E-state index contributed by atoms with van der Waals surface area (Å²) in [5, 5.41) is 0.928. The van der Waals surface area contributed by atoms with Gasteiger partial charge in [0.05, 0.1) is 79.3 Å². The van der Waals surface area contributed by atoms with Crippen molar-refractivity contribution < 1.29 is 104 Å². The van der Waals surface area contributed by atoms with Gasteiger partial charge in [-0.15, -0.1) is 0 Å². The third-order valence-corrected chi connectivity index (χ3v) is 5.31. The van der Waals surface area contributed by atoms with E-state index in [-0.39, 0.29) is 66.7 Å². The van der Waals surface area contributed by atoms with Crippen LogP contribution in [0.15, 0.2) is 0 Å². The molecular weight excluding hydrogens is 736 g/mol. The van der Waals surface area contributed by atoms with Crippen molar-refractivity contribution in [1.29, 1.82) is 0 Å². The topological polar surface area (TPSA) is 125 Å². The Morgan fingerprint density at radius 2 is 0.860 bits per heavy atom. The maximum atomic E-state index is 10.4. The Bertz CT molecular complexity index is 479. The summed E-state index contributed by atoms with van der Waals surface area (Å²) < 4.78 is 39.4. The average Bonchev–Trinajstić information content (AvgIpc) is 2.94. The molecule has 0 aliphatic carbocycles. The first kappa shape index (κ1) is 57.3. The number of methoxy groups -OCH3 is 4. The van der Waals surface area contributed by atoms with Crippen molar-refractivity contribution in [2.24, 2.45) is 0 Å². The van der Waals surface area contributed by atoms with Gasteiger partial charge >= 0.3 is 51.4 Å².